The van der Waals surface area contributed by atoms with Crippen LogP contribution in [0.1, 0.15) is 19.4 Å². The van der Waals surface area contributed by atoms with Crippen LogP contribution in [0.3, 0.4) is 0 Å². The van der Waals surface area contributed by atoms with E-state index >= 15 is 0 Å². The Kier molecular flexibility index (Phi) is 4.43. The highest BCUT2D eigenvalue weighted by Gasteiger charge is 2.34. The Hall–Kier alpha value is -1.55. The highest BCUT2D eigenvalue weighted by Crippen LogP contribution is 2.26. The molecule has 1 atom stereocenters. The third-order valence-corrected chi connectivity index (χ3v) is 3.72. The summed E-state index contributed by atoms with van der Waals surface area (Å²) in [6.07, 6.45) is 0. The van der Waals surface area contributed by atoms with Gasteiger partial charge in [-0.05, 0) is 30.5 Å². The van der Waals surface area contributed by atoms with Crippen molar-refractivity contribution < 1.29 is 14.6 Å². The molecule has 104 valence electrons. The summed E-state index contributed by atoms with van der Waals surface area (Å²) >= 11 is 0. The molecule has 1 heterocycles. The fourth-order valence-corrected chi connectivity index (χ4v) is 2.37. The van der Waals surface area contributed by atoms with Gasteiger partial charge in [0, 0.05) is 19.6 Å². The molecule has 1 aliphatic rings. The van der Waals surface area contributed by atoms with Gasteiger partial charge in [0.05, 0.1) is 12.5 Å². The Morgan fingerprint density at radius 3 is 2.58 bits per heavy atom. The maximum absolute atomic E-state index is 10.9. The largest absolute Gasteiger partial charge is 0.494 e. The lowest BCUT2D eigenvalue weighted by molar-refractivity contribution is -0.145. The number of hydrogen-bond donors (Lipinski definition) is 1. The van der Waals surface area contributed by atoms with E-state index in [-0.39, 0.29) is 5.92 Å². The molecule has 2 rings (SSSR count). The minimum absolute atomic E-state index is 0.239. The molecule has 4 nitrogen and oxygen atoms in total. The van der Waals surface area contributed by atoms with Crippen molar-refractivity contribution in [2.24, 2.45) is 11.8 Å². The molecule has 1 aromatic rings. The summed E-state index contributed by atoms with van der Waals surface area (Å²) in [7, 11) is 0. The predicted octanol–water partition coefficient (Wildman–Crippen LogP) is 2.24. The molecule has 1 fully saturated rings. The molecule has 0 bridgehead atoms. The van der Waals surface area contributed by atoms with E-state index in [1.807, 2.05) is 19.1 Å². The van der Waals surface area contributed by atoms with Gasteiger partial charge in [-0.15, -0.1) is 0 Å². The fraction of sp³-hybridized carbons (Fsp3) is 0.533. The molecule has 0 spiro atoms. The number of hydrogen-bond acceptors (Lipinski definition) is 3. The van der Waals surface area contributed by atoms with Gasteiger partial charge in [0.1, 0.15) is 5.75 Å². The molecule has 0 aliphatic carbocycles. The zero-order valence-electron chi connectivity index (χ0n) is 11.5. The van der Waals surface area contributed by atoms with E-state index in [2.05, 4.69) is 17.0 Å². The standard InChI is InChI=1S/C15H21NO3/c1-3-19-14-6-4-12(5-7-14)8-16-9-13(10-16)11(2)15(17)18/h4-7,11,13H,3,8-10H2,1-2H3,(H,17,18). The van der Waals surface area contributed by atoms with Gasteiger partial charge in [-0.1, -0.05) is 19.1 Å². The number of benzene rings is 1. The van der Waals surface area contributed by atoms with Gasteiger partial charge < -0.3 is 9.84 Å². The predicted molar refractivity (Wildman–Crippen MR) is 73.2 cm³/mol. The van der Waals surface area contributed by atoms with Crippen molar-refractivity contribution in [3.05, 3.63) is 29.8 Å². The Bertz CT molecular complexity index is 424. The molecule has 0 amide bonds. The number of aliphatic carboxylic acids is 1. The lowest BCUT2D eigenvalue weighted by Crippen LogP contribution is -2.50. The first-order valence-corrected chi connectivity index (χ1v) is 6.77. The molecular weight excluding hydrogens is 242 g/mol. The molecule has 0 aromatic heterocycles. The topological polar surface area (TPSA) is 49.8 Å². The number of carbonyl (C=O) groups is 1. The van der Waals surface area contributed by atoms with Crippen molar-refractivity contribution in [2.45, 2.75) is 20.4 Å². The Balaban J connectivity index is 1.79. The molecule has 1 N–H and O–H groups in total. The zero-order valence-corrected chi connectivity index (χ0v) is 11.5. The second-order valence-corrected chi connectivity index (χ2v) is 5.16. The van der Waals surface area contributed by atoms with Gasteiger partial charge in [-0.2, -0.15) is 0 Å². The number of carboxylic acids is 1. The number of rotatable bonds is 6. The fourth-order valence-electron chi connectivity index (χ4n) is 2.37. The SMILES string of the molecule is CCOc1ccc(CN2CC(C(C)C(=O)O)C2)cc1. The molecule has 1 saturated heterocycles. The molecule has 19 heavy (non-hydrogen) atoms. The first-order valence-electron chi connectivity index (χ1n) is 6.77. The first kappa shape index (κ1) is 13.9. The first-order chi connectivity index (χ1) is 9.10. The Labute approximate surface area is 114 Å². The van der Waals surface area contributed by atoms with Gasteiger partial charge in [-0.25, -0.2) is 0 Å². The van der Waals surface area contributed by atoms with Crippen LogP contribution >= 0.6 is 0 Å². The third-order valence-electron chi connectivity index (χ3n) is 3.72. The van der Waals surface area contributed by atoms with Crippen molar-refractivity contribution in [1.82, 2.24) is 4.90 Å². The van der Waals surface area contributed by atoms with Crippen molar-refractivity contribution in [3.8, 4) is 5.75 Å². The Morgan fingerprint density at radius 1 is 1.42 bits per heavy atom. The smallest absolute Gasteiger partial charge is 0.306 e. The summed E-state index contributed by atoms with van der Waals surface area (Å²) in [5, 5.41) is 8.94. The van der Waals surface area contributed by atoms with Crippen molar-refractivity contribution >= 4 is 5.97 Å². The van der Waals surface area contributed by atoms with Crippen molar-refractivity contribution in [1.29, 1.82) is 0 Å². The Morgan fingerprint density at radius 2 is 2.05 bits per heavy atom. The van der Waals surface area contributed by atoms with E-state index in [9.17, 15) is 4.79 Å². The maximum atomic E-state index is 10.9. The van der Waals surface area contributed by atoms with Gasteiger partial charge in [0.25, 0.3) is 0 Å². The quantitative estimate of drug-likeness (QED) is 0.855. The van der Waals surface area contributed by atoms with E-state index < -0.39 is 5.97 Å². The molecular formula is C15H21NO3. The van der Waals surface area contributed by atoms with E-state index in [4.69, 9.17) is 9.84 Å². The molecule has 1 aromatic carbocycles. The summed E-state index contributed by atoms with van der Waals surface area (Å²) < 4.78 is 5.40. The van der Waals surface area contributed by atoms with Crippen LogP contribution in [0.15, 0.2) is 24.3 Å². The van der Waals surface area contributed by atoms with E-state index in [0.717, 1.165) is 25.4 Å². The van der Waals surface area contributed by atoms with Crippen LogP contribution in [0.5, 0.6) is 5.75 Å². The van der Waals surface area contributed by atoms with Crippen LogP contribution in [0, 0.1) is 11.8 Å². The number of carboxylic acid groups (broad SMARTS) is 1. The summed E-state index contributed by atoms with van der Waals surface area (Å²) in [6.45, 7) is 7.08. The minimum atomic E-state index is -0.689. The zero-order chi connectivity index (χ0) is 13.8. The molecule has 1 aliphatic heterocycles. The summed E-state index contributed by atoms with van der Waals surface area (Å²) in [4.78, 5) is 13.1. The van der Waals surface area contributed by atoms with Crippen LogP contribution < -0.4 is 4.74 Å². The lowest BCUT2D eigenvalue weighted by Gasteiger charge is -2.41. The third kappa shape index (κ3) is 3.47. The maximum Gasteiger partial charge on any atom is 0.306 e. The van der Waals surface area contributed by atoms with Gasteiger partial charge >= 0.3 is 5.97 Å². The monoisotopic (exact) mass is 263 g/mol. The average molecular weight is 263 g/mol. The second kappa shape index (κ2) is 6.06. The van der Waals surface area contributed by atoms with E-state index in [0.29, 0.717) is 12.5 Å². The molecule has 0 saturated carbocycles. The van der Waals surface area contributed by atoms with Crippen LogP contribution in [-0.4, -0.2) is 35.7 Å². The van der Waals surface area contributed by atoms with Gasteiger partial charge in [-0.3, -0.25) is 9.69 Å². The molecule has 1 unspecified atom stereocenters. The minimum Gasteiger partial charge on any atom is -0.494 e. The van der Waals surface area contributed by atoms with E-state index in [1.165, 1.54) is 5.56 Å². The van der Waals surface area contributed by atoms with Gasteiger partial charge in [0.15, 0.2) is 0 Å². The van der Waals surface area contributed by atoms with Crippen LogP contribution in [0.4, 0.5) is 0 Å². The number of likely N-dealkylation sites (tertiary alicyclic amines) is 1. The van der Waals surface area contributed by atoms with Crippen LogP contribution in [0.2, 0.25) is 0 Å². The lowest BCUT2D eigenvalue weighted by atomic mass is 9.87. The molecule has 4 heteroatoms. The normalized spacial score (nSPS) is 17.8. The average Bonchev–Trinajstić information content (AvgIpc) is 2.34. The van der Waals surface area contributed by atoms with Gasteiger partial charge in [0.2, 0.25) is 0 Å². The number of ether oxygens (including phenoxy) is 1. The number of nitrogens with zero attached hydrogens (tertiary/aromatic N) is 1. The highest BCUT2D eigenvalue weighted by atomic mass is 16.5. The summed E-state index contributed by atoms with van der Waals surface area (Å²) in [5.41, 5.74) is 1.24. The summed E-state index contributed by atoms with van der Waals surface area (Å²) in [6, 6.07) is 8.10. The van der Waals surface area contributed by atoms with E-state index in [1.54, 1.807) is 6.92 Å². The summed E-state index contributed by atoms with van der Waals surface area (Å²) in [5.74, 6) is 0.259. The highest BCUT2D eigenvalue weighted by molar-refractivity contribution is 5.70. The van der Waals surface area contributed by atoms with Crippen LogP contribution in [0.25, 0.3) is 0 Å². The van der Waals surface area contributed by atoms with Crippen molar-refractivity contribution in [2.75, 3.05) is 19.7 Å². The second-order valence-electron chi connectivity index (χ2n) is 5.16. The van der Waals surface area contributed by atoms with Crippen molar-refractivity contribution in [3.63, 3.8) is 0 Å². The molecule has 0 radical (unpaired) electrons. The van der Waals surface area contributed by atoms with Crippen LogP contribution in [-0.2, 0) is 11.3 Å².